The number of fused-ring (bicyclic) bond motifs is 1. The summed E-state index contributed by atoms with van der Waals surface area (Å²) in [6, 6.07) is 0. The number of ether oxygens (including phenoxy) is 1. The first-order valence-corrected chi connectivity index (χ1v) is 7.10. The van der Waals surface area contributed by atoms with E-state index in [1.165, 1.54) is 4.57 Å². The zero-order chi connectivity index (χ0) is 15.0. The van der Waals surface area contributed by atoms with Crippen molar-refractivity contribution in [3.63, 3.8) is 0 Å². The van der Waals surface area contributed by atoms with E-state index in [1.54, 1.807) is 7.05 Å². The lowest BCUT2D eigenvalue weighted by Gasteiger charge is -2.26. The lowest BCUT2D eigenvalue weighted by molar-refractivity contribution is 0.0327. The number of nitrogens with one attached hydrogen (secondary N) is 1. The van der Waals surface area contributed by atoms with Gasteiger partial charge in [-0.2, -0.15) is 0 Å². The molecule has 114 valence electrons. The van der Waals surface area contributed by atoms with Gasteiger partial charge in [-0.05, 0) is 6.92 Å². The number of morpholine rings is 1. The summed E-state index contributed by atoms with van der Waals surface area (Å²) in [6.07, 6.45) is 0. The maximum absolute atomic E-state index is 12.1. The molecule has 1 fully saturated rings. The van der Waals surface area contributed by atoms with Crippen molar-refractivity contribution in [2.75, 3.05) is 26.3 Å². The van der Waals surface area contributed by atoms with Crippen LogP contribution in [0.1, 0.15) is 12.7 Å². The van der Waals surface area contributed by atoms with Crippen molar-refractivity contribution in [2.45, 2.75) is 20.0 Å². The third-order valence-electron chi connectivity index (χ3n) is 3.87. The van der Waals surface area contributed by atoms with Crippen LogP contribution in [0.4, 0.5) is 0 Å². The Labute approximate surface area is 121 Å². The second-order valence-corrected chi connectivity index (χ2v) is 5.15. The van der Waals surface area contributed by atoms with E-state index in [0.717, 1.165) is 18.9 Å². The summed E-state index contributed by atoms with van der Waals surface area (Å²) in [6.45, 7) is 6.38. The lowest BCUT2D eigenvalue weighted by Crippen LogP contribution is -2.36. The highest BCUT2D eigenvalue weighted by molar-refractivity contribution is 5.70. The van der Waals surface area contributed by atoms with Crippen LogP contribution in [-0.4, -0.2) is 50.3 Å². The molecule has 8 heteroatoms. The summed E-state index contributed by atoms with van der Waals surface area (Å²) in [5.74, 6) is 0.807. The lowest BCUT2D eigenvalue weighted by atomic mass is 10.4. The van der Waals surface area contributed by atoms with E-state index < -0.39 is 5.69 Å². The molecule has 0 radical (unpaired) electrons. The summed E-state index contributed by atoms with van der Waals surface area (Å²) < 4.78 is 8.60. The van der Waals surface area contributed by atoms with Gasteiger partial charge in [-0.1, -0.05) is 0 Å². The summed E-state index contributed by atoms with van der Waals surface area (Å²) >= 11 is 0. The molecule has 2 aromatic rings. The first kappa shape index (κ1) is 14.0. The van der Waals surface area contributed by atoms with Gasteiger partial charge in [-0.15, -0.1) is 0 Å². The molecule has 0 unspecified atom stereocenters. The highest BCUT2D eigenvalue weighted by Crippen LogP contribution is 2.13. The molecule has 3 heterocycles. The molecule has 21 heavy (non-hydrogen) atoms. The van der Waals surface area contributed by atoms with Gasteiger partial charge in [0, 0.05) is 26.7 Å². The van der Waals surface area contributed by atoms with Crippen LogP contribution in [0.2, 0.25) is 0 Å². The van der Waals surface area contributed by atoms with Gasteiger partial charge in [0.1, 0.15) is 5.82 Å². The fraction of sp³-hybridized carbons (Fsp3) is 0.615. The molecule has 0 bridgehead atoms. The van der Waals surface area contributed by atoms with Crippen molar-refractivity contribution in [1.82, 2.24) is 24.0 Å². The maximum Gasteiger partial charge on any atom is 0.329 e. The number of rotatable bonds is 3. The van der Waals surface area contributed by atoms with Crippen LogP contribution in [0.15, 0.2) is 9.59 Å². The van der Waals surface area contributed by atoms with E-state index in [9.17, 15) is 9.59 Å². The van der Waals surface area contributed by atoms with Gasteiger partial charge in [0.25, 0.3) is 5.56 Å². The monoisotopic (exact) mass is 293 g/mol. The normalized spacial score (nSPS) is 16.7. The molecule has 0 amide bonds. The van der Waals surface area contributed by atoms with Crippen molar-refractivity contribution in [2.24, 2.45) is 7.05 Å². The van der Waals surface area contributed by atoms with Gasteiger partial charge in [0.2, 0.25) is 0 Å². The fourth-order valence-electron chi connectivity index (χ4n) is 2.70. The van der Waals surface area contributed by atoms with Gasteiger partial charge < -0.3 is 9.30 Å². The van der Waals surface area contributed by atoms with Gasteiger partial charge in [-0.3, -0.25) is 19.2 Å². The predicted octanol–water partition coefficient (Wildman–Crippen LogP) is -0.725. The molecule has 0 aromatic carbocycles. The topological polar surface area (TPSA) is 85.2 Å². The molecule has 0 atom stereocenters. The molecule has 1 saturated heterocycles. The summed E-state index contributed by atoms with van der Waals surface area (Å²) in [5.41, 5.74) is 0.0820. The minimum absolute atomic E-state index is 0.379. The zero-order valence-electron chi connectivity index (χ0n) is 12.3. The molecule has 2 aromatic heterocycles. The zero-order valence-corrected chi connectivity index (χ0v) is 12.3. The number of aromatic amines is 1. The second-order valence-electron chi connectivity index (χ2n) is 5.15. The Morgan fingerprint density at radius 1 is 1.29 bits per heavy atom. The highest BCUT2D eigenvalue weighted by atomic mass is 16.5. The Balaban J connectivity index is 2.10. The third-order valence-corrected chi connectivity index (χ3v) is 3.87. The molecule has 3 rings (SSSR count). The van der Waals surface area contributed by atoms with Gasteiger partial charge in [-0.25, -0.2) is 9.78 Å². The minimum Gasteiger partial charge on any atom is -0.379 e. The Morgan fingerprint density at radius 3 is 2.67 bits per heavy atom. The van der Waals surface area contributed by atoms with E-state index in [4.69, 9.17) is 4.74 Å². The smallest absolute Gasteiger partial charge is 0.329 e. The molecule has 0 aliphatic carbocycles. The number of imidazole rings is 1. The minimum atomic E-state index is -0.439. The van der Waals surface area contributed by atoms with E-state index in [0.29, 0.717) is 37.5 Å². The van der Waals surface area contributed by atoms with Gasteiger partial charge in [0.15, 0.2) is 11.2 Å². The van der Waals surface area contributed by atoms with Crippen LogP contribution < -0.4 is 11.2 Å². The number of nitrogens with zero attached hydrogens (tertiary/aromatic N) is 4. The Hall–Kier alpha value is -1.93. The first-order valence-electron chi connectivity index (χ1n) is 7.10. The molecular weight excluding hydrogens is 274 g/mol. The van der Waals surface area contributed by atoms with Crippen LogP contribution >= 0.6 is 0 Å². The number of H-pyrrole nitrogens is 1. The van der Waals surface area contributed by atoms with Crippen LogP contribution in [-0.2, 0) is 24.9 Å². The van der Waals surface area contributed by atoms with Crippen molar-refractivity contribution in [3.05, 3.63) is 26.7 Å². The van der Waals surface area contributed by atoms with E-state index in [1.807, 2.05) is 11.5 Å². The van der Waals surface area contributed by atoms with Crippen molar-refractivity contribution < 1.29 is 4.74 Å². The SMILES string of the molecule is CCn1c(CN2CCOCC2)nc2c1c(=O)[nH]c(=O)n2C. The summed E-state index contributed by atoms with van der Waals surface area (Å²) in [4.78, 5) is 32.8. The molecule has 8 nitrogen and oxygen atoms in total. The molecule has 0 saturated carbocycles. The van der Waals surface area contributed by atoms with Crippen LogP contribution in [0.25, 0.3) is 11.2 Å². The van der Waals surface area contributed by atoms with Crippen molar-refractivity contribution >= 4 is 11.2 Å². The molecule has 1 aliphatic rings. The summed E-state index contributed by atoms with van der Waals surface area (Å²) in [7, 11) is 1.62. The summed E-state index contributed by atoms with van der Waals surface area (Å²) in [5, 5.41) is 0. The van der Waals surface area contributed by atoms with Crippen molar-refractivity contribution in [3.8, 4) is 0 Å². The molecular formula is C13H19N5O3. The van der Waals surface area contributed by atoms with Gasteiger partial charge >= 0.3 is 5.69 Å². The Kier molecular flexibility index (Phi) is 3.64. The standard InChI is InChI=1S/C13H19N5O3/c1-3-18-9(8-17-4-6-21-7-5-17)14-11-10(18)12(19)15-13(20)16(11)2/h3-8H2,1-2H3,(H,15,19,20). The largest absolute Gasteiger partial charge is 0.379 e. The third kappa shape index (κ3) is 2.40. The Morgan fingerprint density at radius 2 is 2.00 bits per heavy atom. The van der Waals surface area contributed by atoms with E-state index >= 15 is 0 Å². The van der Waals surface area contributed by atoms with Crippen LogP contribution in [0, 0.1) is 0 Å². The fourth-order valence-corrected chi connectivity index (χ4v) is 2.70. The highest BCUT2D eigenvalue weighted by Gasteiger charge is 2.19. The predicted molar refractivity (Wildman–Crippen MR) is 77.4 cm³/mol. The molecule has 1 aliphatic heterocycles. The Bertz CT molecular complexity index is 766. The second kappa shape index (κ2) is 5.45. The molecule has 0 spiro atoms. The van der Waals surface area contributed by atoms with E-state index in [2.05, 4.69) is 14.9 Å². The average molecular weight is 293 g/mol. The number of hydrogen-bond acceptors (Lipinski definition) is 5. The number of hydrogen-bond donors (Lipinski definition) is 1. The maximum atomic E-state index is 12.1. The number of aromatic nitrogens is 4. The van der Waals surface area contributed by atoms with Gasteiger partial charge in [0.05, 0.1) is 19.8 Å². The van der Waals surface area contributed by atoms with Crippen LogP contribution in [0.5, 0.6) is 0 Å². The first-order chi connectivity index (χ1) is 10.1. The van der Waals surface area contributed by atoms with Crippen molar-refractivity contribution in [1.29, 1.82) is 0 Å². The van der Waals surface area contributed by atoms with Crippen LogP contribution in [0.3, 0.4) is 0 Å². The average Bonchev–Trinajstić information content (AvgIpc) is 2.85. The quantitative estimate of drug-likeness (QED) is 0.807. The van der Waals surface area contributed by atoms with E-state index in [-0.39, 0.29) is 5.56 Å². The number of aryl methyl sites for hydroxylation is 2. The molecule has 1 N–H and O–H groups in total.